The number of nitrogen functional groups attached to an aromatic ring is 1. The summed E-state index contributed by atoms with van der Waals surface area (Å²) < 4.78 is 5.57. The molecule has 0 saturated carbocycles. The van der Waals surface area contributed by atoms with Crippen molar-refractivity contribution in [2.24, 2.45) is 0 Å². The van der Waals surface area contributed by atoms with Crippen LogP contribution in [-0.4, -0.2) is 13.3 Å². The molecule has 2 N–H and O–H groups in total. The molecule has 0 aromatic heterocycles. The van der Waals surface area contributed by atoms with Gasteiger partial charge in [-0.3, -0.25) is 0 Å². The average Bonchev–Trinajstić information content (AvgIpc) is 1.96. The molecule has 0 aliphatic carbocycles. The summed E-state index contributed by atoms with van der Waals surface area (Å²) in [5.74, 6) is 0.811. The summed E-state index contributed by atoms with van der Waals surface area (Å²) in [5, 5.41) is 0. The first-order chi connectivity index (χ1) is 5.59. The largest absolute Gasteiger partial charge is 0.472 e. The van der Waals surface area contributed by atoms with E-state index in [1.165, 1.54) is 5.56 Å². The molecule has 0 fully saturated rings. The van der Waals surface area contributed by atoms with Gasteiger partial charge in [0.2, 0.25) is 0 Å². The van der Waals surface area contributed by atoms with Crippen molar-refractivity contribution in [2.45, 2.75) is 6.92 Å². The quantitative estimate of drug-likeness (QED) is 0.565. The molecule has 1 aromatic carbocycles. The van der Waals surface area contributed by atoms with Crippen LogP contribution in [0.4, 0.5) is 5.69 Å². The molecule has 12 heavy (non-hydrogen) atoms. The molecule has 2 nitrogen and oxygen atoms in total. The van der Waals surface area contributed by atoms with E-state index in [0.717, 1.165) is 11.4 Å². The van der Waals surface area contributed by atoms with Crippen LogP contribution in [-0.2, 0) is 0 Å². The van der Waals surface area contributed by atoms with Crippen LogP contribution in [0.2, 0.25) is 0 Å². The molecular formula is C9H14NOP. The average molecular weight is 183 g/mol. The molecule has 0 aliphatic heterocycles. The van der Waals surface area contributed by atoms with E-state index in [1.807, 2.05) is 25.1 Å². The van der Waals surface area contributed by atoms with Crippen molar-refractivity contribution >= 4 is 13.8 Å². The van der Waals surface area contributed by atoms with Crippen LogP contribution in [0.1, 0.15) is 5.56 Å². The van der Waals surface area contributed by atoms with Crippen molar-refractivity contribution in [3.63, 3.8) is 0 Å². The molecule has 1 rings (SSSR count). The maximum Gasteiger partial charge on any atom is 0.146 e. The molecule has 0 aliphatic rings. The van der Waals surface area contributed by atoms with Crippen molar-refractivity contribution in [3.8, 4) is 5.75 Å². The van der Waals surface area contributed by atoms with E-state index in [9.17, 15) is 0 Å². The van der Waals surface area contributed by atoms with Gasteiger partial charge < -0.3 is 10.3 Å². The lowest BCUT2D eigenvalue weighted by atomic mass is 10.2. The number of benzene rings is 1. The van der Waals surface area contributed by atoms with Gasteiger partial charge in [0.15, 0.2) is 0 Å². The maximum absolute atomic E-state index is 5.72. The van der Waals surface area contributed by atoms with Crippen LogP contribution < -0.4 is 10.3 Å². The second-order valence-electron chi connectivity index (χ2n) is 2.94. The number of nitrogens with two attached hydrogens (primary N) is 1. The third-order valence-electron chi connectivity index (χ3n) is 1.45. The molecule has 0 unspecified atom stereocenters. The summed E-state index contributed by atoms with van der Waals surface area (Å²) in [6.45, 7) is 6.13. The van der Waals surface area contributed by atoms with Crippen molar-refractivity contribution in [2.75, 3.05) is 19.1 Å². The van der Waals surface area contributed by atoms with Crippen LogP contribution in [0.3, 0.4) is 0 Å². The van der Waals surface area contributed by atoms with E-state index in [1.54, 1.807) is 0 Å². The number of anilines is 1. The fraction of sp³-hybridized carbons (Fsp3) is 0.333. The van der Waals surface area contributed by atoms with E-state index < -0.39 is 0 Å². The molecule has 0 amide bonds. The van der Waals surface area contributed by atoms with Crippen LogP contribution >= 0.6 is 8.15 Å². The Hall–Kier alpha value is -0.750. The minimum Gasteiger partial charge on any atom is -0.472 e. The van der Waals surface area contributed by atoms with Gasteiger partial charge >= 0.3 is 0 Å². The van der Waals surface area contributed by atoms with Crippen LogP contribution in [0, 0.1) is 6.92 Å². The Kier molecular flexibility index (Phi) is 2.93. The van der Waals surface area contributed by atoms with Crippen LogP contribution in [0.5, 0.6) is 5.75 Å². The van der Waals surface area contributed by atoms with Crippen molar-refractivity contribution in [1.29, 1.82) is 0 Å². The Balaban J connectivity index is 2.90. The van der Waals surface area contributed by atoms with Gasteiger partial charge in [-0.15, -0.1) is 0 Å². The van der Waals surface area contributed by atoms with E-state index >= 15 is 0 Å². The minimum atomic E-state index is -0.385. The van der Waals surface area contributed by atoms with E-state index in [4.69, 9.17) is 10.3 Å². The Labute approximate surface area is 74.6 Å². The highest BCUT2D eigenvalue weighted by molar-refractivity contribution is 7.51. The zero-order chi connectivity index (χ0) is 9.14. The first-order valence-corrected chi connectivity index (χ1v) is 5.96. The molecule has 0 saturated heterocycles. The van der Waals surface area contributed by atoms with Gasteiger partial charge in [0.05, 0.1) is 13.8 Å². The molecule has 0 bridgehead atoms. The normalized spacial score (nSPS) is 10.3. The molecule has 66 valence electrons. The summed E-state index contributed by atoms with van der Waals surface area (Å²) in [5.41, 5.74) is 7.62. The lowest BCUT2D eigenvalue weighted by molar-refractivity contribution is 0.625. The molecule has 1 aromatic rings. The highest BCUT2D eigenvalue weighted by Gasteiger charge is 2.01. The molecule has 0 atom stereocenters. The topological polar surface area (TPSA) is 35.2 Å². The first kappa shape index (κ1) is 9.34. The molecule has 0 heterocycles. The molecule has 0 spiro atoms. The third-order valence-corrected chi connectivity index (χ3v) is 2.01. The monoisotopic (exact) mass is 183 g/mol. The Morgan fingerprint density at radius 3 is 2.58 bits per heavy atom. The summed E-state index contributed by atoms with van der Waals surface area (Å²) in [6.07, 6.45) is 0. The van der Waals surface area contributed by atoms with Crippen molar-refractivity contribution in [1.82, 2.24) is 0 Å². The summed E-state index contributed by atoms with van der Waals surface area (Å²) in [7, 11) is -0.385. The Bertz CT molecular complexity index is 273. The number of hydrogen-bond donors (Lipinski definition) is 1. The summed E-state index contributed by atoms with van der Waals surface area (Å²) >= 11 is 0. The molecule has 0 radical (unpaired) electrons. The van der Waals surface area contributed by atoms with Crippen molar-refractivity contribution < 1.29 is 4.52 Å². The van der Waals surface area contributed by atoms with Crippen LogP contribution in [0.15, 0.2) is 18.2 Å². The second kappa shape index (κ2) is 3.77. The van der Waals surface area contributed by atoms with Gasteiger partial charge in [0, 0.05) is 0 Å². The van der Waals surface area contributed by atoms with Gasteiger partial charge in [-0.25, -0.2) is 0 Å². The van der Waals surface area contributed by atoms with E-state index in [0.29, 0.717) is 0 Å². The summed E-state index contributed by atoms with van der Waals surface area (Å²) in [4.78, 5) is 0. The SMILES string of the molecule is Cc1ccc(N)c(OP(C)C)c1. The number of rotatable bonds is 2. The summed E-state index contributed by atoms with van der Waals surface area (Å²) in [6, 6.07) is 5.83. The standard InChI is InChI=1S/C9H14NOP/c1-7-4-5-8(10)9(6-7)11-12(2)3/h4-6H,10H2,1-3H3. The van der Waals surface area contributed by atoms with Crippen molar-refractivity contribution in [3.05, 3.63) is 23.8 Å². The first-order valence-electron chi connectivity index (χ1n) is 3.81. The van der Waals surface area contributed by atoms with Gasteiger partial charge in [-0.05, 0) is 37.9 Å². The maximum atomic E-state index is 5.72. The van der Waals surface area contributed by atoms with E-state index in [2.05, 4.69) is 13.3 Å². The fourth-order valence-electron chi connectivity index (χ4n) is 0.917. The predicted molar refractivity (Wildman–Crippen MR) is 55.0 cm³/mol. The lowest BCUT2D eigenvalue weighted by Crippen LogP contribution is -1.92. The zero-order valence-corrected chi connectivity index (χ0v) is 8.56. The smallest absolute Gasteiger partial charge is 0.146 e. The Morgan fingerprint density at radius 1 is 1.33 bits per heavy atom. The van der Waals surface area contributed by atoms with Crippen LogP contribution in [0.25, 0.3) is 0 Å². The molecule has 3 heteroatoms. The molecular weight excluding hydrogens is 169 g/mol. The fourth-order valence-corrected chi connectivity index (χ4v) is 1.47. The second-order valence-corrected chi connectivity index (χ2v) is 4.75. The highest BCUT2D eigenvalue weighted by atomic mass is 31.1. The van der Waals surface area contributed by atoms with Gasteiger partial charge in [-0.1, -0.05) is 6.07 Å². The van der Waals surface area contributed by atoms with Gasteiger partial charge in [-0.2, -0.15) is 0 Å². The van der Waals surface area contributed by atoms with Gasteiger partial charge in [0.1, 0.15) is 5.75 Å². The van der Waals surface area contributed by atoms with Gasteiger partial charge in [0.25, 0.3) is 0 Å². The zero-order valence-electron chi connectivity index (χ0n) is 7.66. The van der Waals surface area contributed by atoms with E-state index in [-0.39, 0.29) is 8.15 Å². The number of hydrogen-bond acceptors (Lipinski definition) is 2. The third kappa shape index (κ3) is 2.38. The Morgan fingerprint density at radius 2 is 2.00 bits per heavy atom. The lowest BCUT2D eigenvalue weighted by Gasteiger charge is -2.11. The predicted octanol–water partition coefficient (Wildman–Crippen LogP) is 2.61. The highest BCUT2D eigenvalue weighted by Crippen LogP contribution is 2.34. The number of aryl methyl sites for hydroxylation is 1. The minimum absolute atomic E-state index is 0.385.